The Balaban J connectivity index is 1.69. The SMILES string of the molecule is CC1=CC2C(C[C@@H]1C(C)OC(=O)c1ccccc1F)C2(C)C. The van der Waals surface area contributed by atoms with Gasteiger partial charge in [0.1, 0.15) is 11.9 Å². The number of hydrogen-bond donors (Lipinski definition) is 0. The minimum atomic E-state index is -0.574. The quantitative estimate of drug-likeness (QED) is 0.602. The molecule has 3 unspecified atom stereocenters. The average Bonchev–Trinajstić information content (AvgIpc) is 2.98. The summed E-state index contributed by atoms with van der Waals surface area (Å²) < 4.78 is 19.2. The number of allylic oxidation sites excluding steroid dienone is 1. The molecular weight excluding hydrogens is 279 g/mol. The van der Waals surface area contributed by atoms with Gasteiger partial charge in [0.15, 0.2) is 0 Å². The number of benzene rings is 1. The topological polar surface area (TPSA) is 26.3 Å². The Labute approximate surface area is 131 Å². The van der Waals surface area contributed by atoms with Gasteiger partial charge in [-0.05, 0) is 49.7 Å². The molecule has 1 aromatic rings. The standard InChI is InChI=1S/C19H23FO2/c1-11-9-15-16(19(15,3)4)10-14(11)12(2)22-18(21)13-7-5-6-8-17(13)20/h5-9,12,14-16H,10H2,1-4H3/t12?,14-,15?,16?/m0/s1. The van der Waals surface area contributed by atoms with Crippen molar-refractivity contribution in [2.75, 3.05) is 0 Å². The number of carbonyl (C=O) groups excluding carboxylic acids is 1. The van der Waals surface area contributed by atoms with E-state index in [4.69, 9.17) is 4.74 Å². The number of hydrogen-bond acceptors (Lipinski definition) is 2. The molecular formula is C19H23FO2. The molecule has 0 N–H and O–H groups in total. The first-order valence-electron chi connectivity index (χ1n) is 7.96. The Hall–Kier alpha value is -1.64. The fraction of sp³-hybridized carbons (Fsp3) is 0.526. The molecule has 3 heteroatoms. The highest BCUT2D eigenvalue weighted by atomic mass is 19.1. The van der Waals surface area contributed by atoms with E-state index in [1.807, 2.05) is 6.92 Å². The second kappa shape index (κ2) is 5.22. The Kier molecular flexibility index (Phi) is 3.62. The molecule has 0 spiro atoms. The van der Waals surface area contributed by atoms with Gasteiger partial charge in [-0.2, -0.15) is 0 Å². The van der Waals surface area contributed by atoms with Gasteiger partial charge < -0.3 is 4.74 Å². The first-order chi connectivity index (χ1) is 10.3. The number of carbonyl (C=O) groups is 1. The molecule has 0 amide bonds. The van der Waals surface area contributed by atoms with E-state index in [2.05, 4.69) is 26.8 Å². The van der Waals surface area contributed by atoms with Crippen molar-refractivity contribution in [2.45, 2.75) is 40.2 Å². The van der Waals surface area contributed by atoms with Crippen LogP contribution in [0.3, 0.4) is 0 Å². The van der Waals surface area contributed by atoms with Crippen LogP contribution >= 0.6 is 0 Å². The summed E-state index contributed by atoms with van der Waals surface area (Å²) in [6.07, 6.45) is 3.15. The van der Waals surface area contributed by atoms with Crippen molar-refractivity contribution < 1.29 is 13.9 Å². The number of halogens is 1. The fourth-order valence-corrected chi connectivity index (χ4v) is 3.94. The Morgan fingerprint density at radius 3 is 2.73 bits per heavy atom. The first kappa shape index (κ1) is 15.3. The molecule has 3 rings (SSSR count). The second-order valence-corrected chi connectivity index (χ2v) is 7.30. The van der Waals surface area contributed by atoms with Crippen LogP contribution in [0.5, 0.6) is 0 Å². The summed E-state index contributed by atoms with van der Waals surface area (Å²) in [5.41, 5.74) is 1.67. The van der Waals surface area contributed by atoms with Gasteiger partial charge in [0, 0.05) is 5.92 Å². The highest BCUT2D eigenvalue weighted by Gasteiger charge is 2.58. The van der Waals surface area contributed by atoms with E-state index >= 15 is 0 Å². The number of rotatable bonds is 3. The maximum Gasteiger partial charge on any atom is 0.341 e. The predicted octanol–water partition coefficient (Wildman–Crippen LogP) is 4.61. The molecule has 4 atom stereocenters. The summed E-state index contributed by atoms with van der Waals surface area (Å²) >= 11 is 0. The molecule has 1 saturated carbocycles. The van der Waals surface area contributed by atoms with Gasteiger partial charge in [0.2, 0.25) is 0 Å². The molecule has 1 aromatic carbocycles. The molecule has 118 valence electrons. The van der Waals surface area contributed by atoms with Crippen molar-refractivity contribution in [3.63, 3.8) is 0 Å². The first-order valence-corrected chi connectivity index (χ1v) is 7.96. The van der Waals surface area contributed by atoms with Crippen LogP contribution in [0.4, 0.5) is 4.39 Å². The number of esters is 1. The molecule has 0 saturated heterocycles. The largest absolute Gasteiger partial charge is 0.458 e. The van der Waals surface area contributed by atoms with E-state index in [0.29, 0.717) is 17.3 Å². The van der Waals surface area contributed by atoms with E-state index in [1.54, 1.807) is 12.1 Å². The van der Waals surface area contributed by atoms with Gasteiger partial charge in [0.25, 0.3) is 0 Å². The second-order valence-electron chi connectivity index (χ2n) is 7.30. The summed E-state index contributed by atoms with van der Waals surface area (Å²) in [6, 6.07) is 5.96. The molecule has 22 heavy (non-hydrogen) atoms. The smallest absolute Gasteiger partial charge is 0.341 e. The van der Waals surface area contributed by atoms with Gasteiger partial charge in [-0.3, -0.25) is 0 Å². The van der Waals surface area contributed by atoms with Crippen LogP contribution in [-0.2, 0) is 4.74 Å². The van der Waals surface area contributed by atoms with E-state index in [9.17, 15) is 9.18 Å². The average molecular weight is 302 g/mol. The molecule has 2 aliphatic carbocycles. The lowest BCUT2D eigenvalue weighted by Crippen LogP contribution is -2.27. The maximum atomic E-state index is 13.7. The molecule has 0 radical (unpaired) electrons. The zero-order valence-corrected chi connectivity index (χ0v) is 13.6. The van der Waals surface area contributed by atoms with Crippen molar-refractivity contribution in [1.82, 2.24) is 0 Å². The van der Waals surface area contributed by atoms with Gasteiger partial charge in [-0.25, -0.2) is 9.18 Å². The molecule has 1 fully saturated rings. The molecule has 0 heterocycles. The predicted molar refractivity (Wildman–Crippen MR) is 83.9 cm³/mol. The third-order valence-electron chi connectivity index (χ3n) is 5.63. The maximum absolute atomic E-state index is 13.7. The number of ether oxygens (including phenoxy) is 1. The summed E-state index contributed by atoms with van der Waals surface area (Å²) in [7, 11) is 0. The summed E-state index contributed by atoms with van der Waals surface area (Å²) in [4.78, 5) is 12.2. The Morgan fingerprint density at radius 1 is 1.36 bits per heavy atom. The number of fused-ring (bicyclic) bond motifs is 1. The summed E-state index contributed by atoms with van der Waals surface area (Å²) in [5.74, 6) is 0.474. The summed E-state index contributed by atoms with van der Waals surface area (Å²) in [6.45, 7) is 8.62. The Morgan fingerprint density at radius 2 is 2.05 bits per heavy atom. The van der Waals surface area contributed by atoms with E-state index < -0.39 is 11.8 Å². The third kappa shape index (κ3) is 2.47. The van der Waals surface area contributed by atoms with Crippen molar-refractivity contribution in [3.8, 4) is 0 Å². The van der Waals surface area contributed by atoms with Gasteiger partial charge >= 0.3 is 5.97 Å². The fourth-order valence-electron chi connectivity index (χ4n) is 3.94. The molecule has 0 aliphatic heterocycles. The molecule has 2 aliphatic rings. The normalized spacial score (nSPS) is 30.0. The van der Waals surface area contributed by atoms with Crippen molar-refractivity contribution in [2.24, 2.45) is 23.2 Å². The van der Waals surface area contributed by atoms with Crippen molar-refractivity contribution >= 4 is 5.97 Å². The van der Waals surface area contributed by atoms with Crippen LogP contribution in [0.25, 0.3) is 0 Å². The Bertz CT molecular complexity index is 632. The van der Waals surface area contributed by atoms with Crippen molar-refractivity contribution in [1.29, 1.82) is 0 Å². The van der Waals surface area contributed by atoms with Gasteiger partial charge in [-0.15, -0.1) is 0 Å². The van der Waals surface area contributed by atoms with Gasteiger partial charge in [0.05, 0.1) is 5.56 Å². The minimum absolute atomic E-state index is 0.0106. The van der Waals surface area contributed by atoms with Crippen LogP contribution in [0.15, 0.2) is 35.9 Å². The minimum Gasteiger partial charge on any atom is -0.458 e. The zero-order valence-electron chi connectivity index (χ0n) is 13.6. The van der Waals surface area contributed by atoms with Crippen LogP contribution in [0, 0.1) is 29.0 Å². The lowest BCUT2D eigenvalue weighted by atomic mass is 9.85. The molecule has 2 nitrogen and oxygen atoms in total. The molecule has 0 aromatic heterocycles. The highest BCUT2D eigenvalue weighted by molar-refractivity contribution is 5.89. The van der Waals surface area contributed by atoms with Crippen molar-refractivity contribution in [3.05, 3.63) is 47.3 Å². The van der Waals surface area contributed by atoms with Gasteiger partial charge in [-0.1, -0.05) is 37.6 Å². The van der Waals surface area contributed by atoms with Crippen LogP contribution in [0.1, 0.15) is 44.5 Å². The monoisotopic (exact) mass is 302 g/mol. The lowest BCUT2D eigenvalue weighted by molar-refractivity contribution is 0.0210. The van der Waals surface area contributed by atoms with E-state index in [1.165, 1.54) is 17.7 Å². The summed E-state index contributed by atoms with van der Waals surface area (Å²) in [5, 5.41) is 0. The lowest BCUT2D eigenvalue weighted by Gasteiger charge is -2.27. The van der Waals surface area contributed by atoms with Crippen LogP contribution in [0.2, 0.25) is 0 Å². The third-order valence-corrected chi connectivity index (χ3v) is 5.63. The van der Waals surface area contributed by atoms with Crippen LogP contribution in [-0.4, -0.2) is 12.1 Å². The zero-order chi connectivity index (χ0) is 16.1. The molecule has 0 bridgehead atoms. The van der Waals surface area contributed by atoms with Crippen LogP contribution < -0.4 is 0 Å². The highest BCUT2D eigenvalue weighted by Crippen LogP contribution is 2.64. The van der Waals surface area contributed by atoms with E-state index in [0.717, 1.165) is 6.42 Å². The van der Waals surface area contributed by atoms with E-state index in [-0.39, 0.29) is 17.6 Å².